The molecule has 0 fully saturated rings. The van der Waals surface area contributed by atoms with Crippen molar-refractivity contribution in [3.8, 4) is 0 Å². The smallest absolute Gasteiger partial charge is 0.260 e. The van der Waals surface area contributed by atoms with Crippen LogP contribution in [-0.4, -0.2) is 27.2 Å². The summed E-state index contributed by atoms with van der Waals surface area (Å²) in [6, 6.07) is 12.0. The van der Waals surface area contributed by atoms with Crippen LogP contribution in [0.3, 0.4) is 0 Å². The molecule has 2 heterocycles. The Bertz CT molecular complexity index is 1140. The molecule has 2 aromatic heterocycles. The van der Waals surface area contributed by atoms with Gasteiger partial charge in [0.05, 0.1) is 16.8 Å². The van der Waals surface area contributed by atoms with Gasteiger partial charge >= 0.3 is 0 Å². The summed E-state index contributed by atoms with van der Waals surface area (Å²) in [6.07, 6.45) is 3.56. The van der Waals surface area contributed by atoms with E-state index in [1.807, 2.05) is 44.3 Å². The second-order valence-corrected chi connectivity index (χ2v) is 7.64. The summed E-state index contributed by atoms with van der Waals surface area (Å²) in [5.41, 5.74) is 3.48. The molecular formula is C21H19FN4OS. The number of carbonyl (C=O) groups is 1. The first-order valence-electron chi connectivity index (χ1n) is 8.94. The number of fused-ring (bicyclic) bond motifs is 1. The lowest BCUT2D eigenvalue weighted by molar-refractivity contribution is 0.0985. The number of thiazole rings is 1. The van der Waals surface area contributed by atoms with Gasteiger partial charge in [0, 0.05) is 24.5 Å². The lowest BCUT2D eigenvalue weighted by Crippen LogP contribution is -2.34. The van der Waals surface area contributed by atoms with Gasteiger partial charge in [0.25, 0.3) is 5.91 Å². The van der Waals surface area contributed by atoms with Crippen molar-refractivity contribution in [3.05, 3.63) is 77.4 Å². The van der Waals surface area contributed by atoms with E-state index in [-0.39, 0.29) is 11.7 Å². The highest BCUT2D eigenvalue weighted by atomic mass is 32.1. The quantitative estimate of drug-likeness (QED) is 0.497. The molecule has 4 aromatic rings. The average molecular weight is 394 g/mol. The maximum Gasteiger partial charge on any atom is 0.260 e. The van der Waals surface area contributed by atoms with Gasteiger partial charge < -0.3 is 0 Å². The number of hydrogen-bond donors (Lipinski definition) is 0. The van der Waals surface area contributed by atoms with Gasteiger partial charge in [0.15, 0.2) is 5.13 Å². The predicted octanol–water partition coefficient (Wildman–Crippen LogP) is 4.60. The van der Waals surface area contributed by atoms with Crippen molar-refractivity contribution >= 4 is 32.6 Å². The van der Waals surface area contributed by atoms with Crippen molar-refractivity contribution < 1.29 is 9.18 Å². The van der Waals surface area contributed by atoms with E-state index in [1.165, 1.54) is 23.5 Å². The third-order valence-electron chi connectivity index (χ3n) is 4.68. The molecule has 0 N–H and O–H groups in total. The number of nitrogens with zero attached hydrogens (tertiary/aromatic N) is 4. The zero-order valence-electron chi connectivity index (χ0n) is 15.6. The minimum absolute atomic E-state index is 0.130. The molecule has 0 aliphatic rings. The van der Waals surface area contributed by atoms with Crippen LogP contribution in [0.15, 0.2) is 54.9 Å². The van der Waals surface area contributed by atoms with Crippen molar-refractivity contribution in [2.45, 2.75) is 20.4 Å². The molecule has 0 aliphatic heterocycles. The van der Waals surface area contributed by atoms with Gasteiger partial charge in [-0.2, -0.15) is 5.10 Å². The van der Waals surface area contributed by atoms with E-state index in [1.54, 1.807) is 21.8 Å². The molecule has 0 unspecified atom stereocenters. The molecule has 142 valence electrons. The van der Waals surface area contributed by atoms with Crippen molar-refractivity contribution in [2.24, 2.45) is 0 Å². The van der Waals surface area contributed by atoms with E-state index in [0.717, 1.165) is 11.1 Å². The van der Waals surface area contributed by atoms with Gasteiger partial charge in [-0.25, -0.2) is 9.37 Å². The Hall–Kier alpha value is -3.06. The van der Waals surface area contributed by atoms with E-state index >= 15 is 0 Å². The van der Waals surface area contributed by atoms with Crippen molar-refractivity contribution in [3.63, 3.8) is 0 Å². The predicted molar refractivity (Wildman–Crippen MR) is 109 cm³/mol. The molecule has 0 saturated carbocycles. The maximum absolute atomic E-state index is 13.6. The summed E-state index contributed by atoms with van der Waals surface area (Å²) in [4.78, 5) is 19.5. The van der Waals surface area contributed by atoms with E-state index in [4.69, 9.17) is 0 Å². The Labute approximate surface area is 166 Å². The number of rotatable bonds is 5. The molecule has 0 saturated heterocycles. The molecule has 0 aliphatic carbocycles. The standard InChI is InChI=1S/C21H19FN4OS/c1-14-4-5-16(12-15(14)2)20(27)26(11-10-25-9-3-8-23-25)21-24-18-7-6-17(22)13-19(18)28-21/h3-9,12-13H,10-11H2,1-2H3. The SMILES string of the molecule is Cc1ccc(C(=O)N(CCn2cccn2)c2nc3ccc(F)cc3s2)cc1C. The van der Waals surface area contributed by atoms with Crippen LogP contribution in [0.25, 0.3) is 10.2 Å². The normalized spacial score (nSPS) is 11.1. The number of amides is 1. The van der Waals surface area contributed by atoms with Gasteiger partial charge in [-0.1, -0.05) is 17.4 Å². The zero-order valence-corrected chi connectivity index (χ0v) is 16.4. The van der Waals surface area contributed by atoms with Gasteiger partial charge in [0.2, 0.25) is 0 Å². The fraction of sp³-hybridized carbons (Fsp3) is 0.190. The van der Waals surface area contributed by atoms with E-state index < -0.39 is 0 Å². The third-order valence-corrected chi connectivity index (χ3v) is 5.72. The first-order chi connectivity index (χ1) is 13.5. The molecule has 1 amide bonds. The average Bonchev–Trinajstić information content (AvgIpc) is 3.33. The summed E-state index contributed by atoms with van der Waals surface area (Å²) in [6.45, 7) is 4.95. The molecule has 28 heavy (non-hydrogen) atoms. The van der Waals surface area contributed by atoms with Gasteiger partial charge in [0.1, 0.15) is 5.82 Å². The Balaban J connectivity index is 1.71. The van der Waals surface area contributed by atoms with E-state index in [0.29, 0.717) is 34.0 Å². The summed E-state index contributed by atoms with van der Waals surface area (Å²) < 4.78 is 16.1. The number of halogens is 1. The number of hydrogen-bond acceptors (Lipinski definition) is 4. The summed E-state index contributed by atoms with van der Waals surface area (Å²) in [5.74, 6) is -0.443. The van der Waals surface area contributed by atoms with E-state index in [9.17, 15) is 9.18 Å². The molecule has 0 atom stereocenters. The van der Waals surface area contributed by atoms with Crippen LogP contribution in [0.1, 0.15) is 21.5 Å². The molecular weight excluding hydrogens is 375 g/mol. The highest BCUT2D eigenvalue weighted by molar-refractivity contribution is 7.22. The molecule has 0 bridgehead atoms. The second kappa shape index (κ2) is 7.52. The maximum atomic E-state index is 13.6. The van der Waals surface area contributed by atoms with Crippen LogP contribution < -0.4 is 4.90 Å². The van der Waals surface area contributed by atoms with Gasteiger partial charge in [-0.3, -0.25) is 14.4 Å². The zero-order chi connectivity index (χ0) is 19.7. The number of aryl methyl sites for hydroxylation is 2. The summed E-state index contributed by atoms with van der Waals surface area (Å²) in [7, 11) is 0. The molecule has 7 heteroatoms. The minimum atomic E-state index is -0.314. The monoisotopic (exact) mass is 394 g/mol. The van der Waals surface area contributed by atoms with Crippen LogP contribution in [0.5, 0.6) is 0 Å². The molecule has 0 spiro atoms. The van der Waals surface area contributed by atoms with Crippen LogP contribution >= 0.6 is 11.3 Å². The fourth-order valence-electron chi connectivity index (χ4n) is 2.95. The van der Waals surface area contributed by atoms with Crippen molar-refractivity contribution in [1.29, 1.82) is 0 Å². The lowest BCUT2D eigenvalue weighted by Gasteiger charge is -2.20. The molecule has 5 nitrogen and oxygen atoms in total. The Morgan fingerprint density at radius 3 is 2.79 bits per heavy atom. The van der Waals surface area contributed by atoms with Crippen LogP contribution in [-0.2, 0) is 6.54 Å². The molecule has 0 radical (unpaired) electrons. The topological polar surface area (TPSA) is 51.0 Å². The van der Waals surface area contributed by atoms with Crippen LogP contribution in [0, 0.1) is 19.7 Å². The van der Waals surface area contributed by atoms with E-state index in [2.05, 4.69) is 10.1 Å². The molecule has 4 rings (SSSR count). The van der Waals surface area contributed by atoms with Crippen molar-refractivity contribution in [1.82, 2.24) is 14.8 Å². The number of anilines is 1. The summed E-state index contributed by atoms with van der Waals surface area (Å²) in [5, 5.41) is 4.76. The first kappa shape index (κ1) is 18.3. The molecule has 2 aromatic carbocycles. The fourth-order valence-corrected chi connectivity index (χ4v) is 3.97. The third kappa shape index (κ3) is 3.66. The first-order valence-corrected chi connectivity index (χ1v) is 9.75. The Morgan fingerprint density at radius 1 is 1.18 bits per heavy atom. The lowest BCUT2D eigenvalue weighted by atomic mass is 10.1. The second-order valence-electron chi connectivity index (χ2n) is 6.63. The number of benzene rings is 2. The largest absolute Gasteiger partial charge is 0.282 e. The number of aromatic nitrogens is 3. The Kier molecular flexibility index (Phi) is 4.92. The van der Waals surface area contributed by atoms with Crippen LogP contribution in [0.2, 0.25) is 0 Å². The minimum Gasteiger partial charge on any atom is -0.282 e. The summed E-state index contributed by atoms with van der Waals surface area (Å²) >= 11 is 1.31. The van der Waals surface area contributed by atoms with Gasteiger partial charge in [-0.05, 0) is 61.4 Å². The van der Waals surface area contributed by atoms with Crippen LogP contribution in [0.4, 0.5) is 9.52 Å². The van der Waals surface area contributed by atoms with Crippen molar-refractivity contribution in [2.75, 3.05) is 11.4 Å². The highest BCUT2D eigenvalue weighted by Crippen LogP contribution is 2.30. The van der Waals surface area contributed by atoms with Gasteiger partial charge in [-0.15, -0.1) is 0 Å². The highest BCUT2D eigenvalue weighted by Gasteiger charge is 2.22. The Morgan fingerprint density at radius 2 is 2.04 bits per heavy atom. The number of carbonyl (C=O) groups excluding carboxylic acids is 1.